The van der Waals surface area contributed by atoms with Crippen molar-refractivity contribution in [2.24, 2.45) is 0 Å². The highest BCUT2D eigenvalue weighted by molar-refractivity contribution is 9.09. The molecule has 0 unspecified atom stereocenters. The van der Waals surface area contributed by atoms with Crippen LogP contribution in [0.2, 0.25) is 0 Å². The Kier molecular flexibility index (Phi) is 3.76. The summed E-state index contributed by atoms with van der Waals surface area (Å²) in [5.74, 6) is -0.556. The van der Waals surface area contributed by atoms with Crippen molar-refractivity contribution < 1.29 is 14.6 Å². The van der Waals surface area contributed by atoms with Crippen molar-refractivity contribution in [2.75, 3.05) is 11.9 Å². The topological polar surface area (TPSA) is 46.5 Å². The molecule has 0 saturated heterocycles. The number of ether oxygens (including phenoxy) is 1. The summed E-state index contributed by atoms with van der Waals surface area (Å²) < 4.78 is 5.22. The monoisotopic (exact) mass is 244 g/mol. The van der Waals surface area contributed by atoms with Gasteiger partial charge in [0.1, 0.15) is 11.3 Å². The van der Waals surface area contributed by atoms with Crippen LogP contribution in [0.15, 0.2) is 24.3 Å². The van der Waals surface area contributed by atoms with Crippen molar-refractivity contribution in [3.63, 3.8) is 0 Å². The van der Waals surface area contributed by atoms with Gasteiger partial charge in [0.25, 0.3) is 0 Å². The van der Waals surface area contributed by atoms with Crippen LogP contribution in [-0.4, -0.2) is 23.0 Å². The number of hydrogen-bond donors (Lipinski definition) is 1. The Labute approximate surface area is 84.5 Å². The maximum absolute atomic E-state index is 10.7. The van der Waals surface area contributed by atoms with E-state index in [1.54, 1.807) is 18.2 Å². The van der Waals surface area contributed by atoms with Crippen molar-refractivity contribution in [1.82, 2.24) is 0 Å². The summed E-state index contributed by atoms with van der Waals surface area (Å²) in [5.41, 5.74) is 0.198. The van der Waals surface area contributed by atoms with Crippen LogP contribution in [0.1, 0.15) is 10.4 Å². The smallest absolute Gasteiger partial charge is 0.339 e. The van der Waals surface area contributed by atoms with E-state index in [4.69, 9.17) is 9.84 Å². The number of carbonyl (C=O) groups is 1. The number of aromatic carboxylic acids is 1. The van der Waals surface area contributed by atoms with Gasteiger partial charge in [-0.25, -0.2) is 4.79 Å². The Balaban J connectivity index is 2.84. The molecule has 0 saturated carbocycles. The molecule has 1 aromatic carbocycles. The molecule has 1 aromatic rings. The Morgan fingerprint density at radius 1 is 1.46 bits per heavy atom. The highest BCUT2D eigenvalue weighted by Gasteiger charge is 2.08. The maximum Gasteiger partial charge on any atom is 0.339 e. The molecular weight excluding hydrogens is 236 g/mol. The van der Waals surface area contributed by atoms with Crippen LogP contribution in [0, 0.1) is 0 Å². The Bertz CT molecular complexity index is 299. The zero-order chi connectivity index (χ0) is 9.68. The molecule has 0 aliphatic carbocycles. The fourth-order valence-electron chi connectivity index (χ4n) is 0.918. The molecule has 0 fully saturated rings. The van der Waals surface area contributed by atoms with E-state index >= 15 is 0 Å². The predicted octanol–water partition coefficient (Wildman–Crippen LogP) is 2.16. The molecule has 1 rings (SSSR count). The van der Waals surface area contributed by atoms with E-state index in [-0.39, 0.29) is 5.56 Å². The van der Waals surface area contributed by atoms with Gasteiger partial charge in [-0.1, -0.05) is 28.1 Å². The number of benzene rings is 1. The lowest BCUT2D eigenvalue weighted by Crippen LogP contribution is -2.04. The van der Waals surface area contributed by atoms with Gasteiger partial charge in [0.15, 0.2) is 0 Å². The van der Waals surface area contributed by atoms with Crippen LogP contribution >= 0.6 is 15.9 Å². The number of rotatable bonds is 4. The lowest BCUT2D eigenvalue weighted by atomic mass is 10.2. The van der Waals surface area contributed by atoms with Crippen molar-refractivity contribution in [2.45, 2.75) is 0 Å². The molecule has 0 radical (unpaired) electrons. The summed E-state index contributed by atoms with van der Waals surface area (Å²) in [5, 5.41) is 9.45. The first-order chi connectivity index (χ1) is 6.25. The van der Waals surface area contributed by atoms with Gasteiger partial charge >= 0.3 is 5.97 Å². The fraction of sp³-hybridized carbons (Fsp3) is 0.222. The van der Waals surface area contributed by atoms with Crippen LogP contribution < -0.4 is 4.74 Å². The first kappa shape index (κ1) is 10.1. The molecule has 0 amide bonds. The third kappa shape index (κ3) is 2.73. The molecule has 0 spiro atoms. The zero-order valence-electron chi connectivity index (χ0n) is 6.87. The summed E-state index contributed by atoms with van der Waals surface area (Å²) in [4.78, 5) is 10.7. The predicted molar refractivity (Wildman–Crippen MR) is 52.7 cm³/mol. The van der Waals surface area contributed by atoms with E-state index in [0.29, 0.717) is 17.7 Å². The van der Waals surface area contributed by atoms with E-state index < -0.39 is 5.97 Å². The van der Waals surface area contributed by atoms with Crippen LogP contribution in [-0.2, 0) is 0 Å². The standard InChI is InChI=1S/C9H9BrO3/c10-5-6-13-8-4-2-1-3-7(8)9(11)12/h1-4H,5-6H2,(H,11,12). The van der Waals surface area contributed by atoms with E-state index in [0.717, 1.165) is 0 Å². The Morgan fingerprint density at radius 3 is 2.77 bits per heavy atom. The number of carboxylic acid groups (broad SMARTS) is 1. The molecule has 4 heteroatoms. The molecular formula is C9H9BrO3. The van der Waals surface area contributed by atoms with Gasteiger partial charge in [0.05, 0.1) is 6.61 Å². The van der Waals surface area contributed by atoms with Gasteiger partial charge in [-0.15, -0.1) is 0 Å². The van der Waals surface area contributed by atoms with Crippen LogP contribution in [0.3, 0.4) is 0 Å². The lowest BCUT2D eigenvalue weighted by Gasteiger charge is -2.06. The van der Waals surface area contributed by atoms with Crippen LogP contribution in [0.5, 0.6) is 5.75 Å². The number of alkyl halides is 1. The summed E-state index contributed by atoms with van der Waals surface area (Å²) in [6, 6.07) is 6.58. The van der Waals surface area contributed by atoms with Gasteiger partial charge in [-0.05, 0) is 12.1 Å². The highest BCUT2D eigenvalue weighted by atomic mass is 79.9. The first-order valence-electron chi connectivity index (χ1n) is 3.77. The fourth-order valence-corrected chi connectivity index (χ4v) is 1.08. The Hall–Kier alpha value is -1.03. The van der Waals surface area contributed by atoms with Crippen molar-refractivity contribution >= 4 is 21.9 Å². The highest BCUT2D eigenvalue weighted by Crippen LogP contribution is 2.17. The van der Waals surface area contributed by atoms with Gasteiger partial charge in [-0.2, -0.15) is 0 Å². The minimum absolute atomic E-state index is 0.198. The van der Waals surface area contributed by atoms with E-state index in [1.165, 1.54) is 6.07 Å². The molecule has 0 heterocycles. The molecule has 3 nitrogen and oxygen atoms in total. The summed E-state index contributed by atoms with van der Waals surface area (Å²) in [6.07, 6.45) is 0. The lowest BCUT2D eigenvalue weighted by molar-refractivity contribution is 0.0692. The molecule has 13 heavy (non-hydrogen) atoms. The van der Waals surface area contributed by atoms with Crippen LogP contribution in [0.4, 0.5) is 0 Å². The maximum atomic E-state index is 10.7. The van der Waals surface area contributed by atoms with Crippen molar-refractivity contribution in [1.29, 1.82) is 0 Å². The van der Waals surface area contributed by atoms with E-state index in [9.17, 15) is 4.79 Å². The van der Waals surface area contributed by atoms with Crippen molar-refractivity contribution in [3.8, 4) is 5.75 Å². The average molecular weight is 245 g/mol. The summed E-state index contributed by atoms with van der Waals surface area (Å²) >= 11 is 3.20. The van der Waals surface area contributed by atoms with Gasteiger partial charge < -0.3 is 9.84 Å². The second-order valence-electron chi connectivity index (χ2n) is 2.34. The van der Waals surface area contributed by atoms with Gasteiger partial charge in [-0.3, -0.25) is 0 Å². The summed E-state index contributed by atoms with van der Waals surface area (Å²) in [6.45, 7) is 0.463. The van der Waals surface area contributed by atoms with Crippen LogP contribution in [0.25, 0.3) is 0 Å². The summed E-state index contributed by atoms with van der Waals surface area (Å²) in [7, 11) is 0. The van der Waals surface area contributed by atoms with Gasteiger partial charge in [0.2, 0.25) is 0 Å². The first-order valence-corrected chi connectivity index (χ1v) is 4.89. The number of carboxylic acids is 1. The normalized spacial score (nSPS) is 9.62. The van der Waals surface area contributed by atoms with E-state index in [2.05, 4.69) is 15.9 Å². The second-order valence-corrected chi connectivity index (χ2v) is 3.13. The molecule has 0 aliphatic heterocycles. The number of para-hydroxylation sites is 1. The van der Waals surface area contributed by atoms with Crippen molar-refractivity contribution in [3.05, 3.63) is 29.8 Å². The largest absolute Gasteiger partial charge is 0.492 e. The average Bonchev–Trinajstić information content (AvgIpc) is 2.15. The molecule has 0 aliphatic rings. The minimum atomic E-state index is -0.967. The molecule has 0 atom stereocenters. The number of hydrogen-bond acceptors (Lipinski definition) is 2. The zero-order valence-corrected chi connectivity index (χ0v) is 8.45. The Morgan fingerprint density at radius 2 is 2.15 bits per heavy atom. The third-order valence-electron chi connectivity index (χ3n) is 1.45. The molecule has 0 aromatic heterocycles. The minimum Gasteiger partial charge on any atom is -0.492 e. The third-order valence-corrected chi connectivity index (χ3v) is 1.78. The number of halogens is 1. The SMILES string of the molecule is O=C(O)c1ccccc1OCCBr. The quantitative estimate of drug-likeness (QED) is 0.826. The molecule has 0 bridgehead atoms. The second kappa shape index (κ2) is 4.87. The van der Waals surface area contributed by atoms with E-state index in [1.807, 2.05) is 0 Å². The molecule has 1 N–H and O–H groups in total. The molecule has 70 valence electrons. The van der Waals surface area contributed by atoms with Gasteiger partial charge in [0, 0.05) is 5.33 Å².